The van der Waals surface area contributed by atoms with Crippen LogP contribution in [0, 0.1) is 5.82 Å². The molecule has 1 aliphatic heterocycles. The Morgan fingerprint density at radius 3 is 2.45 bits per heavy atom. The van der Waals surface area contributed by atoms with Crippen molar-refractivity contribution in [2.24, 2.45) is 0 Å². The molecule has 2 fully saturated rings. The van der Waals surface area contributed by atoms with E-state index in [1.165, 1.54) is 64.1 Å². The fourth-order valence-electron chi connectivity index (χ4n) is 3.67. The van der Waals surface area contributed by atoms with Gasteiger partial charge < -0.3 is 10.2 Å². The van der Waals surface area contributed by atoms with Gasteiger partial charge in [-0.1, -0.05) is 25.3 Å². The van der Waals surface area contributed by atoms with Gasteiger partial charge in [-0.3, -0.25) is 0 Å². The number of hydrogen-bond acceptors (Lipinski definition) is 2. The zero-order valence-corrected chi connectivity index (χ0v) is 12.2. The zero-order chi connectivity index (χ0) is 13.8. The first-order chi connectivity index (χ1) is 9.81. The van der Waals surface area contributed by atoms with Gasteiger partial charge in [0.15, 0.2) is 0 Å². The third kappa shape index (κ3) is 3.51. The van der Waals surface area contributed by atoms with E-state index in [0.29, 0.717) is 6.04 Å². The normalized spacial score (nSPS) is 22.9. The van der Waals surface area contributed by atoms with Crippen molar-refractivity contribution in [1.82, 2.24) is 4.90 Å². The predicted molar refractivity (Wildman–Crippen MR) is 81.5 cm³/mol. The van der Waals surface area contributed by atoms with Gasteiger partial charge in [0.25, 0.3) is 0 Å². The molecule has 1 saturated carbocycles. The summed E-state index contributed by atoms with van der Waals surface area (Å²) in [6.45, 7) is 2.38. The van der Waals surface area contributed by atoms with Gasteiger partial charge in [0.2, 0.25) is 0 Å². The van der Waals surface area contributed by atoms with Crippen LogP contribution in [0.3, 0.4) is 0 Å². The molecule has 0 atom stereocenters. The SMILES string of the molecule is Fc1cccc(NC2CCN(C3CCCCC3)CC2)c1. The van der Waals surface area contributed by atoms with E-state index in [0.717, 1.165) is 11.7 Å². The van der Waals surface area contributed by atoms with E-state index in [9.17, 15) is 4.39 Å². The lowest BCUT2D eigenvalue weighted by Gasteiger charge is -2.39. The van der Waals surface area contributed by atoms with Crippen LogP contribution < -0.4 is 5.32 Å². The van der Waals surface area contributed by atoms with Crippen molar-refractivity contribution in [3.63, 3.8) is 0 Å². The molecule has 0 aromatic heterocycles. The number of halogens is 1. The van der Waals surface area contributed by atoms with Crippen LogP contribution in [0.25, 0.3) is 0 Å². The molecule has 1 saturated heterocycles. The Kier molecular flexibility index (Phi) is 4.56. The molecule has 1 aromatic carbocycles. The molecule has 1 N–H and O–H groups in total. The van der Waals surface area contributed by atoms with E-state index in [4.69, 9.17) is 0 Å². The quantitative estimate of drug-likeness (QED) is 0.896. The van der Waals surface area contributed by atoms with E-state index in [2.05, 4.69) is 10.2 Å². The maximum Gasteiger partial charge on any atom is 0.125 e. The largest absolute Gasteiger partial charge is 0.382 e. The lowest BCUT2D eigenvalue weighted by atomic mass is 9.92. The molecule has 3 rings (SSSR count). The summed E-state index contributed by atoms with van der Waals surface area (Å²) in [5.41, 5.74) is 0.918. The van der Waals surface area contributed by atoms with Crippen molar-refractivity contribution < 1.29 is 4.39 Å². The second-order valence-corrected chi connectivity index (χ2v) is 6.26. The number of anilines is 1. The van der Waals surface area contributed by atoms with Gasteiger partial charge in [0.1, 0.15) is 5.82 Å². The van der Waals surface area contributed by atoms with Gasteiger partial charge in [-0.05, 0) is 43.9 Å². The van der Waals surface area contributed by atoms with Crippen LogP contribution in [0.15, 0.2) is 24.3 Å². The molecule has 0 radical (unpaired) electrons. The summed E-state index contributed by atoms with van der Waals surface area (Å²) in [6, 6.07) is 8.14. The minimum atomic E-state index is -0.158. The summed E-state index contributed by atoms with van der Waals surface area (Å²) in [6.07, 6.45) is 9.37. The summed E-state index contributed by atoms with van der Waals surface area (Å²) in [5, 5.41) is 3.48. The molecule has 2 aliphatic rings. The highest BCUT2D eigenvalue weighted by Crippen LogP contribution is 2.26. The summed E-state index contributed by atoms with van der Waals surface area (Å²) in [5.74, 6) is -0.158. The second-order valence-electron chi connectivity index (χ2n) is 6.26. The van der Waals surface area contributed by atoms with Crippen molar-refractivity contribution in [2.45, 2.75) is 57.0 Å². The molecule has 1 aromatic rings. The maximum atomic E-state index is 13.2. The molecular formula is C17H25FN2. The summed E-state index contributed by atoms with van der Waals surface area (Å²) in [4.78, 5) is 2.68. The first-order valence-corrected chi connectivity index (χ1v) is 8.07. The van der Waals surface area contributed by atoms with E-state index in [1.807, 2.05) is 6.07 Å². The third-order valence-corrected chi connectivity index (χ3v) is 4.82. The number of hydrogen-bond donors (Lipinski definition) is 1. The number of nitrogens with zero attached hydrogens (tertiary/aromatic N) is 1. The lowest BCUT2D eigenvalue weighted by molar-refractivity contribution is 0.126. The molecule has 0 spiro atoms. The minimum Gasteiger partial charge on any atom is -0.382 e. The van der Waals surface area contributed by atoms with E-state index >= 15 is 0 Å². The first kappa shape index (κ1) is 13.9. The van der Waals surface area contributed by atoms with Crippen molar-refractivity contribution >= 4 is 5.69 Å². The predicted octanol–water partition coefficient (Wildman–Crippen LogP) is 4.03. The maximum absolute atomic E-state index is 13.2. The smallest absolute Gasteiger partial charge is 0.125 e. The van der Waals surface area contributed by atoms with E-state index in [-0.39, 0.29) is 5.82 Å². The van der Waals surface area contributed by atoms with Gasteiger partial charge >= 0.3 is 0 Å². The number of nitrogens with one attached hydrogen (secondary N) is 1. The van der Waals surface area contributed by atoms with Crippen molar-refractivity contribution in [3.05, 3.63) is 30.1 Å². The molecule has 1 heterocycles. The monoisotopic (exact) mass is 276 g/mol. The van der Waals surface area contributed by atoms with Gasteiger partial charge in [-0.2, -0.15) is 0 Å². The molecule has 0 amide bonds. The highest BCUT2D eigenvalue weighted by molar-refractivity contribution is 5.44. The van der Waals surface area contributed by atoms with Gasteiger partial charge in [0.05, 0.1) is 0 Å². The van der Waals surface area contributed by atoms with Gasteiger partial charge in [-0.25, -0.2) is 4.39 Å². The first-order valence-electron chi connectivity index (χ1n) is 8.07. The van der Waals surface area contributed by atoms with Crippen LogP contribution >= 0.6 is 0 Å². The third-order valence-electron chi connectivity index (χ3n) is 4.82. The van der Waals surface area contributed by atoms with Gasteiger partial charge in [-0.15, -0.1) is 0 Å². The van der Waals surface area contributed by atoms with Crippen LogP contribution in [0.2, 0.25) is 0 Å². The van der Waals surface area contributed by atoms with Crippen LogP contribution in [-0.4, -0.2) is 30.1 Å². The average Bonchev–Trinajstić information content (AvgIpc) is 2.49. The Balaban J connectivity index is 1.48. The molecule has 3 heteroatoms. The summed E-state index contributed by atoms with van der Waals surface area (Å²) < 4.78 is 13.2. The van der Waals surface area contributed by atoms with E-state index in [1.54, 1.807) is 12.1 Å². The fraction of sp³-hybridized carbons (Fsp3) is 0.647. The average molecular weight is 276 g/mol. The Morgan fingerprint density at radius 1 is 1.00 bits per heavy atom. The zero-order valence-electron chi connectivity index (χ0n) is 12.2. The number of benzene rings is 1. The number of likely N-dealkylation sites (tertiary alicyclic amines) is 1. The van der Waals surface area contributed by atoms with Crippen LogP contribution in [0.1, 0.15) is 44.9 Å². The fourth-order valence-corrected chi connectivity index (χ4v) is 3.67. The number of rotatable bonds is 3. The summed E-state index contributed by atoms with van der Waals surface area (Å²) >= 11 is 0. The highest BCUT2D eigenvalue weighted by atomic mass is 19.1. The minimum absolute atomic E-state index is 0.158. The lowest BCUT2D eigenvalue weighted by Crippen LogP contribution is -2.45. The van der Waals surface area contributed by atoms with Crippen LogP contribution in [-0.2, 0) is 0 Å². The molecule has 0 bridgehead atoms. The van der Waals surface area contributed by atoms with Crippen molar-refractivity contribution in [1.29, 1.82) is 0 Å². The molecule has 20 heavy (non-hydrogen) atoms. The Labute approximate surface area is 121 Å². The van der Waals surface area contributed by atoms with Gasteiger partial charge in [0, 0.05) is 30.9 Å². The van der Waals surface area contributed by atoms with E-state index < -0.39 is 0 Å². The summed E-state index contributed by atoms with van der Waals surface area (Å²) in [7, 11) is 0. The number of piperidine rings is 1. The Bertz CT molecular complexity index is 421. The molecule has 0 unspecified atom stereocenters. The highest BCUT2D eigenvalue weighted by Gasteiger charge is 2.25. The molecule has 110 valence electrons. The Morgan fingerprint density at radius 2 is 1.75 bits per heavy atom. The molecule has 1 aliphatic carbocycles. The second kappa shape index (κ2) is 6.57. The Hall–Kier alpha value is -1.09. The molecular weight excluding hydrogens is 251 g/mol. The van der Waals surface area contributed by atoms with Crippen molar-refractivity contribution in [3.8, 4) is 0 Å². The van der Waals surface area contributed by atoms with Crippen LogP contribution in [0.4, 0.5) is 10.1 Å². The topological polar surface area (TPSA) is 15.3 Å². The van der Waals surface area contributed by atoms with Crippen molar-refractivity contribution in [2.75, 3.05) is 18.4 Å². The van der Waals surface area contributed by atoms with Crippen LogP contribution in [0.5, 0.6) is 0 Å². The standard InChI is InChI=1S/C17H25FN2/c18-14-5-4-6-16(13-14)19-15-9-11-20(12-10-15)17-7-2-1-3-8-17/h4-6,13,15,17,19H,1-3,7-12H2. The molecule has 2 nitrogen and oxygen atoms in total.